The Balaban J connectivity index is -0.0000000200. The Morgan fingerprint density at radius 1 is 1.20 bits per heavy atom. The summed E-state index contributed by atoms with van der Waals surface area (Å²) in [7, 11) is 3.50. The number of hydrogen-bond donors (Lipinski definition) is 0. The summed E-state index contributed by atoms with van der Waals surface area (Å²) in [5.41, 5.74) is 0. The van der Waals surface area contributed by atoms with Crippen LogP contribution in [0.5, 0.6) is 0 Å². The van der Waals surface area contributed by atoms with Crippen molar-refractivity contribution in [1.82, 2.24) is 0 Å². The molecule has 0 amide bonds. The fourth-order valence-corrected chi connectivity index (χ4v) is 0. The molecule has 3 heteroatoms. The maximum Gasteiger partial charge on any atom is 0 e. The standard InChI is InChI=1S/C2H6N.Ru.Zr/c1-3-2;;/h1-2H3;;/q-1;;. The second kappa shape index (κ2) is 17.9. The zero-order valence-electron chi connectivity index (χ0n) is 3.30. The SMILES string of the molecule is C[N-]C.[Ru].[Zr]. The molecule has 0 radical (unpaired) electrons. The van der Waals surface area contributed by atoms with Crippen molar-refractivity contribution in [2.24, 2.45) is 0 Å². The van der Waals surface area contributed by atoms with Gasteiger partial charge in [-0.2, -0.15) is 14.1 Å². The summed E-state index contributed by atoms with van der Waals surface area (Å²) in [6.45, 7) is 0. The van der Waals surface area contributed by atoms with Crippen molar-refractivity contribution < 1.29 is 45.7 Å². The minimum absolute atomic E-state index is 0. The van der Waals surface area contributed by atoms with E-state index in [0.717, 1.165) is 0 Å². The summed E-state index contributed by atoms with van der Waals surface area (Å²) in [6.07, 6.45) is 0. The van der Waals surface area contributed by atoms with Crippen molar-refractivity contribution in [3.05, 3.63) is 5.32 Å². The Hall–Kier alpha value is 1.47. The molecule has 0 N–H and O–H groups in total. The molecule has 0 unspecified atom stereocenters. The van der Waals surface area contributed by atoms with Crippen LogP contribution in [0.25, 0.3) is 5.32 Å². The van der Waals surface area contributed by atoms with E-state index in [2.05, 4.69) is 5.32 Å². The monoisotopic (exact) mass is 236 g/mol. The molecular formula is C2H6NRuZr-. The summed E-state index contributed by atoms with van der Waals surface area (Å²) >= 11 is 0. The average molecular weight is 236 g/mol. The minimum atomic E-state index is 0. The number of nitrogens with zero attached hydrogens (tertiary/aromatic N) is 1. The molecule has 0 aromatic carbocycles. The van der Waals surface area contributed by atoms with Gasteiger partial charge in [0, 0.05) is 45.7 Å². The van der Waals surface area contributed by atoms with E-state index in [9.17, 15) is 0 Å². The molecule has 0 rings (SSSR count). The summed E-state index contributed by atoms with van der Waals surface area (Å²) < 4.78 is 0. The molecule has 32 valence electrons. The topological polar surface area (TPSA) is 14.1 Å². The Kier molecular flexibility index (Phi) is 57.7. The van der Waals surface area contributed by atoms with Crippen LogP contribution in [0.2, 0.25) is 0 Å². The maximum atomic E-state index is 3.50. The quantitative estimate of drug-likeness (QED) is 0.547. The third-order valence-corrected chi connectivity index (χ3v) is 0. The predicted molar refractivity (Wildman–Crippen MR) is 15.2 cm³/mol. The van der Waals surface area contributed by atoms with E-state index in [1.165, 1.54) is 0 Å². The number of rotatable bonds is 0. The molecule has 0 heterocycles. The Bertz CT molecular complexity index is 9.61. The Labute approximate surface area is 64.8 Å². The summed E-state index contributed by atoms with van der Waals surface area (Å²) in [5.74, 6) is 0. The second-order valence-electron chi connectivity index (χ2n) is 0.447. The molecule has 0 fully saturated rings. The molecular weight excluding hydrogens is 230 g/mol. The Morgan fingerprint density at radius 2 is 1.20 bits per heavy atom. The summed E-state index contributed by atoms with van der Waals surface area (Å²) in [4.78, 5) is 0. The van der Waals surface area contributed by atoms with Crippen molar-refractivity contribution in [3.8, 4) is 0 Å². The van der Waals surface area contributed by atoms with E-state index in [-0.39, 0.29) is 45.7 Å². The van der Waals surface area contributed by atoms with Gasteiger partial charge in [-0.05, 0) is 0 Å². The molecule has 0 aliphatic heterocycles. The van der Waals surface area contributed by atoms with Crippen LogP contribution >= 0.6 is 0 Å². The van der Waals surface area contributed by atoms with Gasteiger partial charge in [0.1, 0.15) is 0 Å². The van der Waals surface area contributed by atoms with Crippen LogP contribution in [0.15, 0.2) is 0 Å². The molecule has 0 aliphatic carbocycles. The fourth-order valence-electron chi connectivity index (χ4n) is 0. The van der Waals surface area contributed by atoms with Gasteiger partial charge in [-0.15, -0.1) is 0 Å². The minimum Gasteiger partial charge on any atom is -0.668 e. The van der Waals surface area contributed by atoms with E-state index >= 15 is 0 Å². The zero-order valence-corrected chi connectivity index (χ0v) is 7.50. The van der Waals surface area contributed by atoms with Crippen LogP contribution in [0, 0.1) is 0 Å². The maximum absolute atomic E-state index is 3.50. The van der Waals surface area contributed by atoms with Gasteiger partial charge in [-0.25, -0.2) is 0 Å². The first kappa shape index (κ1) is 16.1. The first-order valence-corrected chi connectivity index (χ1v) is 0.894. The molecule has 0 aromatic rings. The molecule has 0 aromatic heterocycles. The van der Waals surface area contributed by atoms with E-state index in [1.807, 2.05) is 0 Å². The van der Waals surface area contributed by atoms with Crippen LogP contribution in [-0.4, -0.2) is 14.1 Å². The zero-order chi connectivity index (χ0) is 2.71. The molecule has 0 bridgehead atoms. The summed E-state index contributed by atoms with van der Waals surface area (Å²) in [5, 5.41) is 3.50. The summed E-state index contributed by atoms with van der Waals surface area (Å²) in [6, 6.07) is 0. The van der Waals surface area contributed by atoms with Crippen molar-refractivity contribution in [3.63, 3.8) is 0 Å². The van der Waals surface area contributed by atoms with Gasteiger partial charge in [-0.3, -0.25) is 0 Å². The Morgan fingerprint density at radius 3 is 1.20 bits per heavy atom. The fraction of sp³-hybridized carbons (Fsp3) is 1.00. The van der Waals surface area contributed by atoms with Gasteiger partial charge in [0.05, 0.1) is 0 Å². The smallest absolute Gasteiger partial charge is 0 e. The van der Waals surface area contributed by atoms with Crippen LogP contribution in [-0.2, 0) is 45.7 Å². The molecule has 0 saturated heterocycles. The predicted octanol–water partition coefficient (Wildman–Crippen LogP) is 0.615. The molecule has 1 nitrogen and oxygen atoms in total. The van der Waals surface area contributed by atoms with Crippen LogP contribution < -0.4 is 0 Å². The first-order chi connectivity index (χ1) is 1.41. The van der Waals surface area contributed by atoms with Crippen LogP contribution in [0.1, 0.15) is 0 Å². The van der Waals surface area contributed by atoms with Crippen molar-refractivity contribution >= 4 is 0 Å². The first-order valence-electron chi connectivity index (χ1n) is 0.894. The van der Waals surface area contributed by atoms with E-state index in [1.54, 1.807) is 14.1 Å². The van der Waals surface area contributed by atoms with Gasteiger partial charge < -0.3 is 5.32 Å². The second-order valence-corrected chi connectivity index (χ2v) is 0.447. The number of hydrogen-bond acceptors (Lipinski definition) is 0. The van der Waals surface area contributed by atoms with Crippen molar-refractivity contribution in [2.45, 2.75) is 0 Å². The molecule has 5 heavy (non-hydrogen) atoms. The van der Waals surface area contributed by atoms with Crippen molar-refractivity contribution in [1.29, 1.82) is 0 Å². The third kappa shape index (κ3) is 30.5. The van der Waals surface area contributed by atoms with Crippen molar-refractivity contribution in [2.75, 3.05) is 14.1 Å². The van der Waals surface area contributed by atoms with Gasteiger partial charge in [0.25, 0.3) is 0 Å². The molecule has 0 aliphatic rings. The largest absolute Gasteiger partial charge is 0.668 e. The van der Waals surface area contributed by atoms with Gasteiger partial charge in [0.15, 0.2) is 0 Å². The van der Waals surface area contributed by atoms with Crippen LogP contribution in [0.3, 0.4) is 0 Å². The van der Waals surface area contributed by atoms with E-state index in [4.69, 9.17) is 0 Å². The van der Waals surface area contributed by atoms with Gasteiger partial charge in [0.2, 0.25) is 0 Å². The van der Waals surface area contributed by atoms with Gasteiger partial charge in [-0.1, -0.05) is 0 Å². The molecule has 0 atom stereocenters. The van der Waals surface area contributed by atoms with E-state index < -0.39 is 0 Å². The average Bonchev–Trinajstić information content (AvgIpc) is 0.918. The molecule has 0 spiro atoms. The normalized spacial score (nSPS) is 3.60. The third-order valence-electron chi connectivity index (χ3n) is 0. The van der Waals surface area contributed by atoms with Gasteiger partial charge >= 0.3 is 0 Å². The molecule has 0 saturated carbocycles. The van der Waals surface area contributed by atoms with E-state index in [0.29, 0.717) is 0 Å². The van der Waals surface area contributed by atoms with Crippen LogP contribution in [0.4, 0.5) is 0 Å².